The first-order valence-electron chi connectivity index (χ1n) is 12.4. The smallest absolute Gasteiger partial charge is 0.120 e. The molecule has 3 heterocycles. The SMILES string of the molecule is B1CCCNC23CCCCBCCCN2CCCBCCCC3CCC1. The summed E-state index contributed by atoms with van der Waals surface area (Å²) >= 11 is 0. The quantitative estimate of drug-likeness (QED) is 0.662. The lowest BCUT2D eigenvalue weighted by atomic mass is 9.64. The molecule has 0 saturated carbocycles. The van der Waals surface area contributed by atoms with Gasteiger partial charge >= 0.3 is 0 Å². The molecule has 0 aromatic rings. The second-order valence-corrected chi connectivity index (χ2v) is 9.52. The number of hydrogen-bond donors (Lipinski definition) is 1. The van der Waals surface area contributed by atoms with Crippen LogP contribution in [0.15, 0.2) is 0 Å². The molecule has 26 heavy (non-hydrogen) atoms. The van der Waals surface area contributed by atoms with Crippen molar-refractivity contribution in [1.29, 1.82) is 0 Å². The largest absolute Gasteiger partial charge is 0.299 e. The molecule has 0 aromatic carbocycles. The van der Waals surface area contributed by atoms with E-state index >= 15 is 0 Å². The molecule has 0 amide bonds. The molecular formula is C21H43B3N2. The molecule has 5 heteroatoms. The minimum absolute atomic E-state index is 0.325. The molecule has 0 aromatic heterocycles. The van der Waals surface area contributed by atoms with E-state index in [1.54, 1.807) is 0 Å². The van der Waals surface area contributed by atoms with Crippen molar-refractivity contribution < 1.29 is 0 Å². The summed E-state index contributed by atoms with van der Waals surface area (Å²) in [5, 5.41) is 4.26. The minimum atomic E-state index is 0.325. The molecule has 0 bridgehead atoms. The Labute approximate surface area is 165 Å². The molecule has 2 nitrogen and oxygen atoms in total. The zero-order chi connectivity index (χ0) is 17.9. The van der Waals surface area contributed by atoms with Crippen LogP contribution in [0.5, 0.6) is 0 Å². The third kappa shape index (κ3) is 6.06. The standard InChI is InChI=1S/C21H43B3N2/c1-2-11-22-15-6-18-26-19-7-16-24-13-4-9-20-8-3-12-23-14-5-17-25-21(20,26)10-1/h20,22-25H,1-19H2. The highest BCUT2D eigenvalue weighted by Crippen LogP contribution is 2.38. The fourth-order valence-electron chi connectivity index (χ4n) is 6.08. The van der Waals surface area contributed by atoms with Crippen LogP contribution in [0.25, 0.3) is 0 Å². The highest BCUT2D eigenvalue weighted by molar-refractivity contribution is 6.35. The van der Waals surface area contributed by atoms with Crippen LogP contribution in [-0.4, -0.2) is 52.0 Å². The lowest BCUT2D eigenvalue weighted by Gasteiger charge is -2.51. The van der Waals surface area contributed by atoms with Gasteiger partial charge in [0, 0.05) is 0 Å². The molecule has 3 aliphatic rings. The van der Waals surface area contributed by atoms with E-state index in [9.17, 15) is 0 Å². The van der Waals surface area contributed by atoms with Crippen molar-refractivity contribution in [2.75, 3.05) is 19.6 Å². The Kier molecular flexibility index (Phi) is 9.49. The first-order chi connectivity index (χ1) is 12.9. The van der Waals surface area contributed by atoms with Gasteiger partial charge < -0.3 is 0 Å². The van der Waals surface area contributed by atoms with Crippen LogP contribution in [0.1, 0.15) is 64.2 Å². The Bertz CT molecular complexity index is 334. The molecule has 3 saturated heterocycles. The second-order valence-electron chi connectivity index (χ2n) is 9.52. The number of hydrogen-bond acceptors (Lipinski definition) is 2. The van der Waals surface area contributed by atoms with Gasteiger partial charge in [-0.3, -0.25) is 10.2 Å². The molecule has 3 aliphatic heterocycles. The van der Waals surface area contributed by atoms with E-state index in [2.05, 4.69) is 10.2 Å². The molecule has 146 valence electrons. The third-order valence-electron chi connectivity index (χ3n) is 7.62. The van der Waals surface area contributed by atoms with Crippen molar-refractivity contribution >= 4 is 21.8 Å². The Morgan fingerprint density at radius 2 is 1.23 bits per heavy atom. The van der Waals surface area contributed by atoms with Crippen LogP contribution in [0.4, 0.5) is 0 Å². The average Bonchev–Trinajstić information content (AvgIpc) is 2.67. The normalized spacial score (nSPS) is 33.9. The van der Waals surface area contributed by atoms with Crippen molar-refractivity contribution in [3.05, 3.63) is 0 Å². The van der Waals surface area contributed by atoms with Crippen molar-refractivity contribution in [2.45, 2.75) is 108 Å². The Hall–Kier alpha value is 0.115. The Morgan fingerprint density at radius 1 is 0.654 bits per heavy atom. The van der Waals surface area contributed by atoms with Gasteiger partial charge in [-0.25, -0.2) is 0 Å². The van der Waals surface area contributed by atoms with E-state index in [0.29, 0.717) is 5.66 Å². The fraction of sp³-hybridized carbons (Fsp3) is 1.00. The van der Waals surface area contributed by atoms with Gasteiger partial charge in [-0.15, -0.1) is 0 Å². The zero-order valence-electron chi connectivity index (χ0n) is 17.6. The number of rotatable bonds is 0. The van der Waals surface area contributed by atoms with Gasteiger partial charge in [0.1, 0.15) is 21.8 Å². The first kappa shape index (κ1) is 20.8. The van der Waals surface area contributed by atoms with E-state index in [1.165, 1.54) is 144 Å². The first-order valence-corrected chi connectivity index (χ1v) is 12.4. The average molecular weight is 356 g/mol. The predicted molar refractivity (Wildman–Crippen MR) is 122 cm³/mol. The summed E-state index contributed by atoms with van der Waals surface area (Å²) in [5.74, 6) is 0.887. The van der Waals surface area contributed by atoms with Crippen molar-refractivity contribution in [1.82, 2.24) is 10.2 Å². The Balaban J connectivity index is 1.86. The van der Waals surface area contributed by atoms with Crippen LogP contribution in [0.3, 0.4) is 0 Å². The highest BCUT2D eigenvalue weighted by atomic mass is 15.3. The second kappa shape index (κ2) is 11.8. The Morgan fingerprint density at radius 3 is 1.92 bits per heavy atom. The fourth-order valence-corrected chi connectivity index (χ4v) is 6.08. The van der Waals surface area contributed by atoms with Gasteiger partial charge in [-0.1, -0.05) is 63.6 Å². The topological polar surface area (TPSA) is 15.3 Å². The van der Waals surface area contributed by atoms with Crippen molar-refractivity contribution in [3.8, 4) is 0 Å². The van der Waals surface area contributed by atoms with Crippen LogP contribution in [0.2, 0.25) is 37.9 Å². The molecule has 2 unspecified atom stereocenters. The number of nitrogens with zero attached hydrogens (tertiary/aromatic N) is 1. The van der Waals surface area contributed by atoms with Gasteiger partial charge in [0.15, 0.2) is 0 Å². The van der Waals surface area contributed by atoms with E-state index in [0.717, 1.165) is 5.92 Å². The van der Waals surface area contributed by atoms with E-state index < -0.39 is 0 Å². The molecule has 3 fully saturated rings. The van der Waals surface area contributed by atoms with E-state index in [-0.39, 0.29) is 0 Å². The minimum Gasteiger partial charge on any atom is -0.299 e. The maximum atomic E-state index is 4.26. The maximum Gasteiger partial charge on any atom is 0.120 e. The molecule has 3 rings (SSSR count). The third-order valence-corrected chi connectivity index (χ3v) is 7.62. The lowest BCUT2D eigenvalue weighted by molar-refractivity contribution is -0.0182. The summed E-state index contributed by atoms with van der Waals surface area (Å²) in [4.78, 5) is 3.00. The lowest BCUT2D eigenvalue weighted by Crippen LogP contribution is -2.64. The van der Waals surface area contributed by atoms with Crippen molar-refractivity contribution in [3.63, 3.8) is 0 Å². The molecule has 1 N–H and O–H groups in total. The van der Waals surface area contributed by atoms with Gasteiger partial charge in [-0.05, 0) is 64.1 Å². The number of nitrogens with one attached hydrogen (secondary N) is 1. The molecule has 1 spiro atoms. The summed E-state index contributed by atoms with van der Waals surface area (Å²) in [6.45, 7) is 3.96. The highest BCUT2D eigenvalue weighted by Gasteiger charge is 2.42. The summed E-state index contributed by atoms with van der Waals surface area (Å²) < 4.78 is 0. The van der Waals surface area contributed by atoms with Gasteiger partial charge in [0.05, 0.1) is 5.66 Å². The van der Waals surface area contributed by atoms with E-state index in [1.807, 2.05) is 0 Å². The molecule has 2 atom stereocenters. The molecule has 0 radical (unpaired) electrons. The monoisotopic (exact) mass is 356 g/mol. The van der Waals surface area contributed by atoms with Gasteiger partial charge in [0.2, 0.25) is 0 Å². The van der Waals surface area contributed by atoms with Crippen LogP contribution in [-0.2, 0) is 0 Å². The van der Waals surface area contributed by atoms with Crippen molar-refractivity contribution in [2.24, 2.45) is 5.92 Å². The summed E-state index contributed by atoms with van der Waals surface area (Å²) in [7, 11) is 4.41. The molecular weight excluding hydrogens is 313 g/mol. The summed E-state index contributed by atoms with van der Waals surface area (Å²) in [6, 6.07) is 0. The van der Waals surface area contributed by atoms with Gasteiger partial charge in [-0.2, -0.15) is 0 Å². The van der Waals surface area contributed by atoms with Crippen LogP contribution in [0, 0.1) is 5.92 Å². The van der Waals surface area contributed by atoms with Crippen LogP contribution >= 0.6 is 0 Å². The zero-order valence-corrected chi connectivity index (χ0v) is 17.6. The van der Waals surface area contributed by atoms with E-state index in [4.69, 9.17) is 0 Å². The van der Waals surface area contributed by atoms with Crippen LogP contribution < -0.4 is 5.32 Å². The summed E-state index contributed by atoms with van der Waals surface area (Å²) in [5.41, 5.74) is 0.325. The molecule has 0 aliphatic carbocycles. The van der Waals surface area contributed by atoms with Gasteiger partial charge in [0.25, 0.3) is 0 Å². The summed E-state index contributed by atoms with van der Waals surface area (Å²) in [6.07, 6.45) is 23.2. The predicted octanol–water partition coefficient (Wildman–Crippen LogP) is 3.95. The maximum absolute atomic E-state index is 4.26.